The highest BCUT2D eigenvalue weighted by molar-refractivity contribution is 6.32. The van der Waals surface area contributed by atoms with Gasteiger partial charge in [0.05, 0.1) is 12.2 Å². The Morgan fingerprint density at radius 3 is 2.29 bits per heavy atom. The van der Waals surface area contributed by atoms with E-state index in [0.29, 0.717) is 10.3 Å². The van der Waals surface area contributed by atoms with E-state index in [1.165, 1.54) is 0 Å². The van der Waals surface area contributed by atoms with E-state index < -0.39 is 0 Å². The molecule has 0 aromatic carbocycles. The number of nitrogens with zero attached hydrogens (tertiary/aromatic N) is 2. The summed E-state index contributed by atoms with van der Waals surface area (Å²) in [6.07, 6.45) is 0.540. The van der Waals surface area contributed by atoms with Gasteiger partial charge in [-0.2, -0.15) is 0 Å². The lowest BCUT2D eigenvalue weighted by molar-refractivity contribution is -0.0704. The van der Waals surface area contributed by atoms with Gasteiger partial charge < -0.3 is 4.74 Å². The second-order valence-corrected chi connectivity index (χ2v) is 5.35. The molecular weight excluding hydrogens is 259 g/mol. The highest BCUT2D eigenvalue weighted by Crippen LogP contribution is 2.18. The van der Waals surface area contributed by atoms with Gasteiger partial charge >= 0.3 is 0 Å². The number of ether oxygens (including phenoxy) is 1. The molecule has 2 atom stereocenters. The van der Waals surface area contributed by atoms with E-state index in [9.17, 15) is 0 Å². The van der Waals surface area contributed by atoms with Gasteiger partial charge in [0.1, 0.15) is 10.3 Å². The summed E-state index contributed by atoms with van der Waals surface area (Å²) >= 11 is 11.8. The van der Waals surface area contributed by atoms with Crippen molar-refractivity contribution in [2.24, 2.45) is 0 Å². The largest absolute Gasteiger partial charge is 0.373 e. The molecule has 0 bridgehead atoms. The quantitative estimate of drug-likeness (QED) is 0.776. The molecule has 2 heterocycles. The van der Waals surface area contributed by atoms with Crippen molar-refractivity contribution >= 4 is 23.2 Å². The third-order valence-corrected chi connectivity index (χ3v) is 3.11. The monoisotopic (exact) mass is 274 g/mol. The Kier molecular flexibility index (Phi) is 4.26. The summed E-state index contributed by atoms with van der Waals surface area (Å²) in [6.45, 7) is 6.88. The lowest BCUT2D eigenvalue weighted by Crippen LogP contribution is -2.44. The summed E-state index contributed by atoms with van der Waals surface area (Å²) in [7, 11) is 0. The molecule has 0 unspecified atom stereocenters. The van der Waals surface area contributed by atoms with Gasteiger partial charge in [-0.25, -0.2) is 4.98 Å². The van der Waals surface area contributed by atoms with Crippen LogP contribution in [0.25, 0.3) is 0 Å². The molecule has 0 saturated carbocycles. The van der Waals surface area contributed by atoms with Crippen LogP contribution in [0.5, 0.6) is 0 Å². The topological polar surface area (TPSA) is 25.4 Å². The molecule has 2 rings (SSSR count). The first-order valence-electron chi connectivity index (χ1n) is 5.72. The molecule has 17 heavy (non-hydrogen) atoms. The number of morpholine rings is 1. The zero-order valence-electron chi connectivity index (χ0n) is 9.99. The number of hydrogen-bond donors (Lipinski definition) is 0. The van der Waals surface area contributed by atoms with Crippen LogP contribution in [0.1, 0.15) is 19.4 Å². The Balaban J connectivity index is 2.04. The minimum atomic E-state index is 0.270. The van der Waals surface area contributed by atoms with Crippen LogP contribution in [0, 0.1) is 0 Å². The fourth-order valence-corrected chi connectivity index (χ4v) is 2.78. The van der Waals surface area contributed by atoms with Crippen LogP contribution in [0.4, 0.5) is 0 Å². The average molecular weight is 275 g/mol. The molecule has 94 valence electrons. The molecular formula is C12H16Cl2N2O. The summed E-state index contributed by atoms with van der Waals surface area (Å²) in [4.78, 5) is 6.29. The van der Waals surface area contributed by atoms with Crippen LogP contribution in [0.3, 0.4) is 0 Å². The molecule has 0 radical (unpaired) electrons. The van der Waals surface area contributed by atoms with Gasteiger partial charge in [-0.05, 0) is 31.5 Å². The van der Waals surface area contributed by atoms with E-state index in [-0.39, 0.29) is 12.2 Å². The second-order valence-electron chi connectivity index (χ2n) is 4.57. The van der Waals surface area contributed by atoms with E-state index in [4.69, 9.17) is 27.9 Å². The van der Waals surface area contributed by atoms with E-state index >= 15 is 0 Å². The van der Waals surface area contributed by atoms with Gasteiger partial charge in [0.2, 0.25) is 0 Å². The van der Waals surface area contributed by atoms with Crippen LogP contribution in [0.15, 0.2) is 12.1 Å². The van der Waals surface area contributed by atoms with Crippen LogP contribution in [-0.4, -0.2) is 35.2 Å². The zero-order valence-corrected chi connectivity index (χ0v) is 11.5. The lowest BCUT2D eigenvalue weighted by atomic mass is 10.2. The average Bonchev–Trinajstić information content (AvgIpc) is 2.13. The zero-order chi connectivity index (χ0) is 12.4. The van der Waals surface area contributed by atoms with Crippen molar-refractivity contribution in [3.63, 3.8) is 0 Å². The highest BCUT2D eigenvalue weighted by atomic mass is 35.5. The van der Waals surface area contributed by atoms with Crippen LogP contribution in [0.2, 0.25) is 10.3 Å². The number of pyridine rings is 1. The fourth-order valence-electron chi connectivity index (χ4n) is 2.28. The summed E-state index contributed by atoms with van der Waals surface area (Å²) in [5.41, 5.74) is 1.09. The predicted octanol–water partition coefficient (Wildman–Crippen LogP) is 3.00. The number of aromatic nitrogens is 1. The van der Waals surface area contributed by atoms with Gasteiger partial charge in [0.25, 0.3) is 0 Å². The molecule has 1 saturated heterocycles. The first-order chi connectivity index (χ1) is 8.02. The van der Waals surface area contributed by atoms with Crippen molar-refractivity contribution in [2.75, 3.05) is 13.1 Å². The SMILES string of the molecule is C[C@@H]1CN(Cc2cc(Cl)nc(Cl)c2)C[C@H](C)O1. The molecule has 3 nitrogen and oxygen atoms in total. The second kappa shape index (κ2) is 5.53. The van der Waals surface area contributed by atoms with Crippen molar-refractivity contribution in [3.05, 3.63) is 28.0 Å². The van der Waals surface area contributed by atoms with Crippen LogP contribution >= 0.6 is 23.2 Å². The van der Waals surface area contributed by atoms with Gasteiger partial charge in [-0.1, -0.05) is 23.2 Å². The van der Waals surface area contributed by atoms with Crippen molar-refractivity contribution in [1.29, 1.82) is 0 Å². The van der Waals surface area contributed by atoms with Crippen LogP contribution < -0.4 is 0 Å². The molecule has 0 aliphatic carbocycles. The van der Waals surface area contributed by atoms with Gasteiger partial charge in [-0.15, -0.1) is 0 Å². The van der Waals surface area contributed by atoms with E-state index in [2.05, 4.69) is 23.7 Å². The Morgan fingerprint density at radius 1 is 1.24 bits per heavy atom. The molecule has 1 aliphatic heterocycles. The van der Waals surface area contributed by atoms with Crippen molar-refractivity contribution in [2.45, 2.75) is 32.6 Å². The van der Waals surface area contributed by atoms with E-state index in [1.54, 1.807) is 0 Å². The Labute approximate surface area is 112 Å². The molecule has 0 amide bonds. The Morgan fingerprint density at radius 2 is 1.76 bits per heavy atom. The molecule has 0 N–H and O–H groups in total. The molecule has 1 aromatic rings. The standard InChI is InChI=1S/C12H16Cl2N2O/c1-8-5-16(6-9(2)17-8)7-10-3-11(13)15-12(14)4-10/h3-4,8-9H,5-7H2,1-2H3/t8-,9+. The molecule has 1 aliphatic rings. The lowest BCUT2D eigenvalue weighted by Gasteiger charge is -2.35. The number of hydrogen-bond acceptors (Lipinski definition) is 3. The third-order valence-electron chi connectivity index (χ3n) is 2.72. The van der Waals surface area contributed by atoms with Crippen molar-refractivity contribution in [1.82, 2.24) is 9.88 Å². The smallest absolute Gasteiger partial charge is 0.131 e. The minimum absolute atomic E-state index is 0.270. The maximum atomic E-state index is 5.89. The molecule has 1 aromatic heterocycles. The maximum Gasteiger partial charge on any atom is 0.131 e. The van der Waals surface area contributed by atoms with E-state index in [1.807, 2.05) is 12.1 Å². The van der Waals surface area contributed by atoms with Crippen LogP contribution in [-0.2, 0) is 11.3 Å². The molecule has 0 spiro atoms. The maximum absolute atomic E-state index is 5.89. The number of rotatable bonds is 2. The van der Waals surface area contributed by atoms with E-state index in [0.717, 1.165) is 25.2 Å². The fraction of sp³-hybridized carbons (Fsp3) is 0.583. The molecule has 5 heteroatoms. The predicted molar refractivity (Wildman–Crippen MR) is 69.5 cm³/mol. The summed E-state index contributed by atoms with van der Waals surface area (Å²) in [5.74, 6) is 0. The first-order valence-corrected chi connectivity index (χ1v) is 6.48. The van der Waals surface area contributed by atoms with Crippen molar-refractivity contribution in [3.8, 4) is 0 Å². The van der Waals surface area contributed by atoms with Gasteiger partial charge in [0.15, 0.2) is 0 Å². The van der Waals surface area contributed by atoms with Gasteiger partial charge in [0, 0.05) is 19.6 Å². The normalized spacial score (nSPS) is 26.1. The summed E-state index contributed by atoms with van der Waals surface area (Å²) in [6, 6.07) is 3.72. The Hall–Kier alpha value is -0.350. The number of halogens is 2. The first kappa shape index (κ1) is 13.1. The van der Waals surface area contributed by atoms with Crippen molar-refractivity contribution < 1.29 is 4.74 Å². The molecule has 1 fully saturated rings. The Bertz CT molecular complexity index is 370. The summed E-state index contributed by atoms with van der Waals surface area (Å²) in [5, 5.41) is 0.892. The third kappa shape index (κ3) is 3.81. The minimum Gasteiger partial charge on any atom is -0.373 e. The summed E-state index contributed by atoms with van der Waals surface area (Å²) < 4.78 is 5.70. The highest BCUT2D eigenvalue weighted by Gasteiger charge is 2.22. The van der Waals surface area contributed by atoms with Gasteiger partial charge in [-0.3, -0.25) is 4.90 Å².